The van der Waals surface area contributed by atoms with Crippen LogP contribution in [-0.2, 0) is 16.0 Å². The fourth-order valence-corrected chi connectivity index (χ4v) is 6.11. The van der Waals surface area contributed by atoms with E-state index in [1.807, 2.05) is 38.1 Å². The number of halogens is 1. The summed E-state index contributed by atoms with van der Waals surface area (Å²) < 4.78 is 12.2. The molecule has 9 heteroatoms. The van der Waals surface area contributed by atoms with Crippen molar-refractivity contribution in [2.24, 2.45) is 0 Å². The third-order valence-corrected chi connectivity index (χ3v) is 7.93. The molecule has 0 unspecified atom stereocenters. The summed E-state index contributed by atoms with van der Waals surface area (Å²) in [4.78, 5) is 33.0. The van der Waals surface area contributed by atoms with Gasteiger partial charge in [-0.25, -0.2) is 4.98 Å². The number of amides is 1. The fourth-order valence-electron chi connectivity index (χ4n) is 4.97. The first-order valence-corrected chi connectivity index (χ1v) is 13.4. The molecule has 2 aliphatic heterocycles. The summed E-state index contributed by atoms with van der Waals surface area (Å²) >= 11 is 7.42. The lowest BCUT2D eigenvalue weighted by Crippen LogP contribution is -2.29. The normalized spacial score (nSPS) is 20.1. The maximum atomic E-state index is 13.5. The van der Waals surface area contributed by atoms with Gasteiger partial charge in [0.2, 0.25) is 0 Å². The van der Waals surface area contributed by atoms with Crippen molar-refractivity contribution in [2.45, 2.75) is 32.4 Å². The zero-order valence-electron chi connectivity index (χ0n) is 20.6. The molecular formula is C29H23ClN2O5S. The Morgan fingerprint density at radius 3 is 2.71 bits per heavy atom. The summed E-state index contributed by atoms with van der Waals surface area (Å²) in [6, 6.07) is 16.8. The fraction of sp³-hybridized carbons (Fsp3) is 0.207. The van der Waals surface area contributed by atoms with Gasteiger partial charge in [0.1, 0.15) is 23.4 Å². The molecule has 3 aromatic carbocycles. The van der Waals surface area contributed by atoms with Crippen LogP contribution in [0.15, 0.2) is 66.2 Å². The number of aromatic nitrogens is 1. The standard InChI is InChI=1S/C29H23ClN2O5S/c1-3-36-20-9-10-21-23(14-20)38-29(31-21)32-25(16-4-7-19(30)8-5-16)24(27(34)28(32)35)26(33)17-6-11-22-18(13-17)12-15(2)37-22/h4-11,13-15,25,33H,3,12H2,1-2H3/t15-,25+/m1/s1. The second-order valence-corrected chi connectivity index (χ2v) is 10.7. The Kier molecular flexibility index (Phi) is 6.08. The molecule has 0 spiro atoms. The third-order valence-electron chi connectivity index (χ3n) is 6.67. The Balaban J connectivity index is 1.50. The minimum Gasteiger partial charge on any atom is -0.507 e. The van der Waals surface area contributed by atoms with Crippen LogP contribution in [0.4, 0.5) is 5.13 Å². The molecule has 0 saturated carbocycles. The monoisotopic (exact) mass is 546 g/mol. The molecule has 2 aliphatic rings. The third kappa shape index (κ3) is 4.10. The quantitative estimate of drug-likeness (QED) is 0.179. The predicted octanol–water partition coefficient (Wildman–Crippen LogP) is 6.30. The molecule has 6 rings (SSSR count). The van der Waals surface area contributed by atoms with Gasteiger partial charge in [0.05, 0.1) is 28.4 Å². The average molecular weight is 547 g/mol. The van der Waals surface area contributed by atoms with Gasteiger partial charge in [0.15, 0.2) is 5.13 Å². The summed E-state index contributed by atoms with van der Waals surface area (Å²) in [5.41, 5.74) is 2.69. The number of thiazole rings is 1. The van der Waals surface area contributed by atoms with Crippen molar-refractivity contribution in [3.63, 3.8) is 0 Å². The van der Waals surface area contributed by atoms with Gasteiger partial charge in [0, 0.05) is 17.0 Å². The van der Waals surface area contributed by atoms with Crippen LogP contribution in [0.1, 0.15) is 36.6 Å². The Labute approximate surface area is 227 Å². The molecule has 0 bridgehead atoms. The Morgan fingerprint density at radius 1 is 1.16 bits per heavy atom. The van der Waals surface area contributed by atoms with Crippen LogP contribution in [0, 0.1) is 0 Å². The summed E-state index contributed by atoms with van der Waals surface area (Å²) in [6.07, 6.45) is 0.727. The van der Waals surface area contributed by atoms with Gasteiger partial charge in [-0.15, -0.1) is 0 Å². The van der Waals surface area contributed by atoms with Crippen molar-refractivity contribution in [1.82, 2.24) is 4.98 Å². The Hall–Kier alpha value is -3.88. The highest BCUT2D eigenvalue weighted by atomic mass is 35.5. The number of ether oxygens (including phenoxy) is 2. The molecule has 1 amide bonds. The van der Waals surface area contributed by atoms with Gasteiger partial charge in [-0.3, -0.25) is 14.5 Å². The van der Waals surface area contributed by atoms with Crippen molar-refractivity contribution >= 4 is 55.7 Å². The molecule has 2 atom stereocenters. The van der Waals surface area contributed by atoms with Gasteiger partial charge in [0.25, 0.3) is 5.78 Å². The van der Waals surface area contributed by atoms with Gasteiger partial charge in [-0.1, -0.05) is 35.1 Å². The Bertz CT molecular complexity index is 1630. The van der Waals surface area contributed by atoms with E-state index in [0.717, 1.165) is 16.0 Å². The van der Waals surface area contributed by atoms with Crippen LogP contribution in [-0.4, -0.2) is 34.5 Å². The molecule has 3 heterocycles. The van der Waals surface area contributed by atoms with E-state index >= 15 is 0 Å². The summed E-state index contributed by atoms with van der Waals surface area (Å²) in [6.45, 7) is 4.40. The number of aliphatic hydroxyl groups is 1. The highest BCUT2D eigenvalue weighted by Crippen LogP contribution is 2.45. The molecule has 192 valence electrons. The number of aliphatic hydroxyl groups excluding tert-OH is 1. The zero-order chi connectivity index (χ0) is 26.6. The van der Waals surface area contributed by atoms with Crippen LogP contribution in [0.2, 0.25) is 5.02 Å². The number of fused-ring (bicyclic) bond motifs is 2. The molecule has 0 radical (unpaired) electrons. The van der Waals surface area contributed by atoms with Gasteiger partial charge >= 0.3 is 5.91 Å². The highest BCUT2D eigenvalue weighted by molar-refractivity contribution is 7.22. The molecule has 1 saturated heterocycles. The first kappa shape index (κ1) is 24.5. The number of carbonyl (C=O) groups excluding carboxylic acids is 2. The van der Waals surface area contributed by atoms with Crippen molar-refractivity contribution in [1.29, 1.82) is 0 Å². The highest BCUT2D eigenvalue weighted by Gasteiger charge is 2.48. The van der Waals surface area contributed by atoms with E-state index in [-0.39, 0.29) is 17.4 Å². The van der Waals surface area contributed by atoms with Crippen molar-refractivity contribution < 1.29 is 24.2 Å². The first-order chi connectivity index (χ1) is 18.3. The molecule has 1 fully saturated rings. The summed E-state index contributed by atoms with van der Waals surface area (Å²) in [7, 11) is 0. The molecule has 38 heavy (non-hydrogen) atoms. The number of anilines is 1. The predicted molar refractivity (Wildman–Crippen MR) is 147 cm³/mol. The number of rotatable bonds is 5. The number of ketones is 1. The number of carbonyl (C=O) groups is 2. The maximum absolute atomic E-state index is 13.5. The Morgan fingerprint density at radius 2 is 1.95 bits per heavy atom. The number of nitrogens with zero attached hydrogens (tertiary/aromatic N) is 2. The van der Waals surface area contributed by atoms with E-state index < -0.39 is 17.7 Å². The molecule has 1 N–H and O–H groups in total. The smallest absolute Gasteiger partial charge is 0.301 e. The van der Waals surface area contributed by atoms with Crippen LogP contribution in [0.25, 0.3) is 16.0 Å². The molecule has 4 aromatic rings. The topological polar surface area (TPSA) is 89.0 Å². The van der Waals surface area contributed by atoms with Crippen molar-refractivity contribution in [2.75, 3.05) is 11.5 Å². The van der Waals surface area contributed by atoms with Gasteiger partial charge in [-0.05, 0) is 73.5 Å². The second kappa shape index (κ2) is 9.45. The summed E-state index contributed by atoms with van der Waals surface area (Å²) in [5, 5.41) is 12.3. The minimum atomic E-state index is -0.886. The lowest BCUT2D eigenvalue weighted by molar-refractivity contribution is -0.132. The minimum absolute atomic E-state index is 0.00139. The van der Waals surface area contributed by atoms with Crippen LogP contribution < -0.4 is 14.4 Å². The van der Waals surface area contributed by atoms with Crippen molar-refractivity contribution in [3.8, 4) is 11.5 Å². The van der Waals surface area contributed by atoms with Crippen molar-refractivity contribution in [3.05, 3.63) is 87.9 Å². The number of Topliss-reactive ketones (excluding diaryl/α,β-unsaturated/α-hetero) is 1. The zero-order valence-corrected chi connectivity index (χ0v) is 22.2. The van der Waals surface area contributed by atoms with E-state index in [0.29, 0.717) is 45.6 Å². The van der Waals surface area contributed by atoms with E-state index in [4.69, 9.17) is 21.1 Å². The lowest BCUT2D eigenvalue weighted by Gasteiger charge is -2.23. The van der Waals surface area contributed by atoms with Crippen LogP contribution in [0.3, 0.4) is 0 Å². The van der Waals surface area contributed by atoms with Gasteiger partial charge in [-0.2, -0.15) is 0 Å². The lowest BCUT2D eigenvalue weighted by atomic mass is 9.94. The number of hydrogen-bond acceptors (Lipinski definition) is 7. The number of hydrogen-bond donors (Lipinski definition) is 1. The van der Waals surface area contributed by atoms with Crippen LogP contribution >= 0.6 is 22.9 Å². The van der Waals surface area contributed by atoms with Crippen LogP contribution in [0.5, 0.6) is 11.5 Å². The molecule has 1 aromatic heterocycles. The first-order valence-electron chi connectivity index (χ1n) is 12.2. The average Bonchev–Trinajstić information content (AvgIpc) is 3.56. The second-order valence-electron chi connectivity index (χ2n) is 9.23. The van der Waals surface area contributed by atoms with Gasteiger partial charge < -0.3 is 14.6 Å². The number of benzene rings is 3. The van der Waals surface area contributed by atoms with E-state index in [1.54, 1.807) is 36.4 Å². The summed E-state index contributed by atoms with van der Waals surface area (Å²) in [5.74, 6) is -0.325. The molecule has 7 nitrogen and oxygen atoms in total. The largest absolute Gasteiger partial charge is 0.507 e. The molecular weight excluding hydrogens is 524 g/mol. The van der Waals surface area contributed by atoms with E-state index in [9.17, 15) is 14.7 Å². The SMILES string of the molecule is CCOc1ccc2nc(N3C(=O)C(=O)C(=C(O)c4ccc5c(c4)C[C@@H](C)O5)[C@@H]3c3ccc(Cl)cc3)sc2c1. The maximum Gasteiger partial charge on any atom is 0.301 e. The molecule has 0 aliphatic carbocycles. The van der Waals surface area contributed by atoms with E-state index in [2.05, 4.69) is 4.98 Å². The van der Waals surface area contributed by atoms with E-state index in [1.165, 1.54) is 16.2 Å².